The molecule has 1 aliphatic heterocycles. The highest BCUT2D eigenvalue weighted by Gasteiger charge is 2.24. The van der Waals surface area contributed by atoms with Crippen molar-refractivity contribution >= 4 is 41.0 Å². The summed E-state index contributed by atoms with van der Waals surface area (Å²) in [5, 5.41) is 0.384. The van der Waals surface area contributed by atoms with Crippen LogP contribution >= 0.6 is 23.2 Å². The number of hydrogen-bond donors (Lipinski definition) is 0. The summed E-state index contributed by atoms with van der Waals surface area (Å²) in [5.41, 5.74) is 0.848. The van der Waals surface area contributed by atoms with Crippen LogP contribution in [-0.2, 0) is 22.7 Å². The number of ketones is 1. The molecule has 1 aliphatic rings. The number of ether oxygens (including phenoxy) is 3. The van der Waals surface area contributed by atoms with Gasteiger partial charge in [0.05, 0.1) is 16.1 Å². The molecule has 5 nitrogen and oxygen atoms in total. The highest BCUT2D eigenvalue weighted by Crippen LogP contribution is 2.34. The number of esters is 1. The second kappa shape index (κ2) is 14.5. The van der Waals surface area contributed by atoms with Crippen LogP contribution in [0.1, 0.15) is 72.5 Å². The number of rotatable bonds is 6. The van der Waals surface area contributed by atoms with Crippen molar-refractivity contribution in [3.05, 3.63) is 98.5 Å². The van der Waals surface area contributed by atoms with Crippen LogP contribution in [0.3, 0.4) is 0 Å². The zero-order chi connectivity index (χ0) is 29.4. The third-order valence-electron chi connectivity index (χ3n) is 6.69. The van der Waals surface area contributed by atoms with Crippen molar-refractivity contribution in [3.8, 4) is 11.5 Å². The van der Waals surface area contributed by atoms with Crippen molar-refractivity contribution < 1.29 is 32.6 Å². The van der Waals surface area contributed by atoms with E-state index in [4.69, 9.17) is 37.4 Å². The molecule has 1 atom stereocenters. The maximum absolute atomic E-state index is 14.5. The molecular weight excluding hydrogens is 573 g/mol. The molecule has 1 heterocycles. The summed E-state index contributed by atoms with van der Waals surface area (Å²) in [5.74, 6) is -1.19. The van der Waals surface area contributed by atoms with E-state index < -0.39 is 23.7 Å². The van der Waals surface area contributed by atoms with Gasteiger partial charge in [0, 0.05) is 30.0 Å². The topological polar surface area (TPSA) is 61.8 Å². The molecule has 0 saturated carbocycles. The van der Waals surface area contributed by atoms with Crippen LogP contribution in [0.2, 0.25) is 10.0 Å². The fraction of sp³-hybridized carbons (Fsp3) is 0.312. The van der Waals surface area contributed by atoms with Gasteiger partial charge in [-0.3, -0.25) is 4.79 Å². The van der Waals surface area contributed by atoms with Crippen LogP contribution in [0.4, 0.5) is 8.78 Å². The molecule has 0 aromatic heterocycles. The molecule has 0 amide bonds. The van der Waals surface area contributed by atoms with E-state index >= 15 is 0 Å². The van der Waals surface area contributed by atoms with Crippen LogP contribution in [0, 0.1) is 11.6 Å². The van der Waals surface area contributed by atoms with E-state index in [1.807, 2.05) is 6.08 Å². The fourth-order valence-corrected chi connectivity index (χ4v) is 4.88. The van der Waals surface area contributed by atoms with Crippen LogP contribution in [0.5, 0.6) is 11.5 Å². The molecule has 9 heteroatoms. The Kier molecular flexibility index (Phi) is 10.8. The predicted octanol–water partition coefficient (Wildman–Crippen LogP) is 8.91. The van der Waals surface area contributed by atoms with Gasteiger partial charge in [-0.05, 0) is 68.5 Å². The second-order valence-electron chi connectivity index (χ2n) is 9.80. The third-order valence-corrected chi connectivity index (χ3v) is 7.40. The first-order chi connectivity index (χ1) is 19.7. The third kappa shape index (κ3) is 8.30. The standard InChI is InChI=1S/C32H30Cl2F2O5/c1-20-8-5-11-22(37)10-4-2-3-9-21-16-23(39-18-24-26(33)12-6-14-28(24)35)17-30(31(21)32(38)41-20)40-19-25-27(34)13-7-15-29(25)36/h3,6-7,9,12-17,20H,2,4-5,8,10-11,18-19H2,1H3/t20-/m1/s1. The van der Waals surface area contributed by atoms with E-state index in [2.05, 4.69) is 0 Å². The molecule has 0 aliphatic carbocycles. The van der Waals surface area contributed by atoms with Crippen molar-refractivity contribution in [2.45, 2.75) is 64.8 Å². The molecule has 0 fully saturated rings. The number of halogens is 4. The molecular formula is C32H30Cl2F2O5. The molecule has 3 aromatic carbocycles. The van der Waals surface area contributed by atoms with Crippen molar-refractivity contribution in [2.75, 3.05) is 0 Å². The molecule has 4 rings (SSSR count). The van der Waals surface area contributed by atoms with Gasteiger partial charge in [-0.1, -0.05) is 47.5 Å². The lowest BCUT2D eigenvalue weighted by Gasteiger charge is -2.19. The maximum Gasteiger partial charge on any atom is 0.342 e. The van der Waals surface area contributed by atoms with Crippen LogP contribution in [0.25, 0.3) is 6.08 Å². The lowest BCUT2D eigenvalue weighted by molar-refractivity contribution is -0.119. The van der Waals surface area contributed by atoms with Crippen LogP contribution in [0.15, 0.2) is 54.6 Å². The summed E-state index contributed by atoms with van der Waals surface area (Å²) in [4.78, 5) is 25.6. The molecule has 0 N–H and O–H groups in total. The van der Waals surface area contributed by atoms with Gasteiger partial charge in [-0.15, -0.1) is 0 Å². The lowest BCUT2D eigenvalue weighted by Crippen LogP contribution is -2.18. The number of benzene rings is 3. The minimum absolute atomic E-state index is 0.0839. The Balaban J connectivity index is 1.74. The van der Waals surface area contributed by atoms with Gasteiger partial charge in [-0.25, -0.2) is 13.6 Å². The van der Waals surface area contributed by atoms with Crippen LogP contribution < -0.4 is 9.47 Å². The summed E-state index contributed by atoms with van der Waals surface area (Å²) in [6.07, 6.45) is 6.43. The summed E-state index contributed by atoms with van der Waals surface area (Å²) in [6.45, 7) is 1.31. The Hall–Kier alpha value is -3.42. The number of hydrogen-bond acceptors (Lipinski definition) is 5. The SMILES string of the molecule is C[C@@H]1CCCC(=O)CCCC=Cc2cc(OCc3c(F)cccc3Cl)cc(OCc3c(F)cccc3Cl)c2C(=O)O1. The molecule has 0 saturated heterocycles. The zero-order valence-corrected chi connectivity index (χ0v) is 24.1. The lowest BCUT2D eigenvalue weighted by atomic mass is 10.0. The quantitative estimate of drug-likeness (QED) is 0.264. The average molecular weight is 603 g/mol. The Morgan fingerprint density at radius 2 is 1.54 bits per heavy atom. The largest absolute Gasteiger partial charge is 0.489 e. The predicted molar refractivity (Wildman–Crippen MR) is 155 cm³/mol. The first kappa shape index (κ1) is 30.5. The van der Waals surface area contributed by atoms with Crippen molar-refractivity contribution in [3.63, 3.8) is 0 Å². The van der Waals surface area contributed by atoms with E-state index in [0.29, 0.717) is 44.1 Å². The van der Waals surface area contributed by atoms with Gasteiger partial charge in [-0.2, -0.15) is 0 Å². The van der Waals surface area contributed by atoms with E-state index in [0.717, 1.165) is 0 Å². The number of allylic oxidation sites excluding steroid dienone is 1. The normalized spacial score (nSPS) is 16.5. The fourth-order valence-electron chi connectivity index (χ4n) is 4.44. The number of carbonyl (C=O) groups is 2. The Labute approximate surface area is 248 Å². The smallest absolute Gasteiger partial charge is 0.342 e. The van der Waals surface area contributed by atoms with Gasteiger partial charge >= 0.3 is 5.97 Å². The highest BCUT2D eigenvalue weighted by atomic mass is 35.5. The minimum atomic E-state index is -0.640. The number of carbonyl (C=O) groups excluding carboxylic acids is 2. The van der Waals surface area contributed by atoms with E-state index in [-0.39, 0.29) is 57.2 Å². The maximum atomic E-state index is 14.5. The number of Topliss-reactive ketones (excluding diaryl/α,β-unsaturated/α-hetero) is 1. The van der Waals surface area contributed by atoms with Crippen molar-refractivity contribution in [2.24, 2.45) is 0 Å². The molecule has 0 radical (unpaired) electrons. The van der Waals surface area contributed by atoms with E-state index in [1.54, 1.807) is 31.2 Å². The van der Waals surface area contributed by atoms with Gasteiger partial charge in [0.2, 0.25) is 0 Å². The Morgan fingerprint density at radius 1 is 0.902 bits per heavy atom. The Morgan fingerprint density at radius 3 is 2.20 bits per heavy atom. The van der Waals surface area contributed by atoms with Crippen molar-refractivity contribution in [1.29, 1.82) is 0 Å². The average Bonchev–Trinajstić information content (AvgIpc) is 2.91. The van der Waals surface area contributed by atoms with Gasteiger partial charge in [0.25, 0.3) is 0 Å². The molecule has 3 aromatic rings. The summed E-state index contributed by atoms with van der Waals surface area (Å²) < 4.78 is 46.5. The molecule has 41 heavy (non-hydrogen) atoms. The van der Waals surface area contributed by atoms with Gasteiger partial charge in [0.1, 0.15) is 47.7 Å². The summed E-state index contributed by atoms with van der Waals surface area (Å²) >= 11 is 12.4. The number of cyclic esters (lactones) is 1. The highest BCUT2D eigenvalue weighted by molar-refractivity contribution is 6.31. The molecule has 0 spiro atoms. The monoisotopic (exact) mass is 602 g/mol. The van der Waals surface area contributed by atoms with Crippen LogP contribution in [-0.4, -0.2) is 17.9 Å². The first-order valence-electron chi connectivity index (χ1n) is 13.4. The molecule has 0 unspecified atom stereocenters. The second-order valence-corrected chi connectivity index (χ2v) is 10.6. The summed E-state index contributed by atoms with van der Waals surface area (Å²) in [6, 6.07) is 11.7. The van der Waals surface area contributed by atoms with E-state index in [9.17, 15) is 18.4 Å². The van der Waals surface area contributed by atoms with E-state index in [1.165, 1.54) is 30.3 Å². The molecule has 216 valence electrons. The minimum Gasteiger partial charge on any atom is -0.489 e. The zero-order valence-electron chi connectivity index (χ0n) is 22.6. The van der Waals surface area contributed by atoms with Gasteiger partial charge in [0.15, 0.2) is 0 Å². The van der Waals surface area contributed by atoms with Gasteiger partial charge < -0.3 is 14.2 Å². The van der Waals surface area contributed by atoms with Crippen molar-refractivity contribution in [1.82, 2.24) is 0 Å². The first-order valence-corrected chi connectivity index (χ1v) is 14.2. The Bertz CT molecular complexity index is 1400. The number of fused-ring (bicyclic) bond motifs is 1. The molecule has 0 bridgehead atoms. The summed E-state index contributed by atoms with van der Waals surface area (Å²) in [7, 11) is 0.